The molecule has 4 rings (SSSR count). The van der Waals surface area contributed by atoms with Crippen molar-refractivity contribution in [3.8, 4) is 0 Å². The summed E-state index contributed by atoms with van der Waals surface area (Å²) in [6.07, 6.45) is 1.33. The zero-order chi connectivity index (χ0) is 19.7. The third-order valence-electron chi connectivity index (χ3n) is 5.36. The molecule has 146 valence electrons. The molecule has 8 nitrogen and oxygen atoms in total. The topological polar surface area (TPSA) is 101 Å². The number of amides is 1. The molecule has 3 aromatic rings. The fourth-order valence-corrected chi connectivity index (χ4v) is 3.80. The second kappa shape index (κ2) is 7.55. The Hall–Kier alpha value is -3.00. The number of hydrogen-bond acceptors (Lipinski definition) is 6. The molecule has 1 amide bonds. The minimum absolute atomic E-state index is 0.0159. The zero-order valence-electron chi connectivity index (χ0n) is 16.3. The Bertz CT molecular complexity index is 1030. The monoisotopic (exact) mass is 379 g/mol. The van der Waals surface area contributed by atoms with Crippen LogP contribution in [0.4, 0.5) is 5.95 Å². The predicted molar refractivity (Wildman–Crippen MR) is 107 cm³/mol. The van der Waals surface area contributed by atoms with Crippen molar-refractivity contribution in [1.82, 2.24) is 29.8 Å². The second-order valence-electron chi connectivity index (χ2n) is 7.26. The summed E-state index contributed by atoms with van der Waals surface area (Å²) in [5.74, 6) is 0.625. The van der Waals surface area contributed by atoms with E-state index in [1.165, 1.54) is 11.1 Å². The van der Waals surface area contributed by atoms with Gasteiger partial charge in [-0.1, -0.05) is 24.3 Å². The number of nitrogens with zero attached hydrogens (tertiary/aromatic N) is 5. The highest BCUT2D eigenvalue weighted by Gasteiger charge is 2.17. The van der Waals surface area contributed by atoms with Gasteiger partial charge < -0.3 is 11.1 Å². The molecule has 0 spiro atoms. The van der Waals surface area contributed by atoms with Crippen LogP contribution in [0.2, 0.25) is 0 Å². The van der Waals surface area contributed by atoms with Crippen LogP contribution in [0.15, 0.2) is 24.3 Å². The van der Waals surface area contributed by atoms with Gasteiger partial charge in [-0.2, -0.15) is 9.50 Å². The maximum atomic E-state index is 12.5. The molecule has 0 unspecified atom stereocenters. The first-order chi connectivity index (χ1) is 13.5. The molecule has 1 aromatic carbocycles. The maximum Gasteiger partial charge on any atom is 0.254 e. The van der Waals surface area contributed by atoms with Crippen LogP contribution in [0.1, 0.15) is 28.1 Å². The largest absolute Gasteiger partial charge is 0.366 e. The van der Waals surface area contributed by atoms with Gasteiger partial charge in [0.1, 0.15) is 0 Å². The van der Waals surface area contributed by atoms with Crippen LogP contribution in [0, 0.1) is 13.8 Å². The number of fused-ring (bicyclic) bond motifs is 2. The molecule has 0 saturated carbocycles. The summed E-state index contributed by atoms with van der Waals surface area (Å²) in [5, 5.41) is 7.18. The van der Waals surface area contributed by atoms with E-state index in [4.69, 9.17) is 5.73 Å². The molecule has 8 heteroatoms. The van der Waals surface area contributed by atoms with Crippen molar-refractivity contribution in [3.05, 3.63) is 52.3 Å². The van der Waals surface area contributed by atoms with E-state index in [1.807, 2.05) is 13.8 Å². The number of nitrogens with two attached hydrogens (primary N) is 1. The standard InChI is InChI=1S/C20H25N7O/c1-13-17(14(2)27-20(23-13)24-19(21)25-27)11-18(28)22-8-10-26-9-7-15-5-3-4-6-16(15)12-26/h3-6H,7-12H2,1-2H3,(H2,21,25)(H,22,28). The summed E-state index contributed by atoms with van der Waals surface area (Å²) < 4.78 is 1.59. The highest BCUT2D eigenvalue weighted by atomic mass is 16.1. The van der Waals surface area contributed by atoms with Crippen LogP contribution in [-0.4, -0.2) is 50.0 Å². The van der Waals surface area contributed by atoms with Gasteiger partial charge in [0.25, 0.3) is 5.78 Å². The average molecular weight is 379 g/mol. The molecule has 3 heterocycles. The number of nitrogens with one attached hydrogen (secondary N) is 1. The molecule has 0 saturated heterocycles. The number of nitrogen functional groups attached to an aromatic ring is 1. The van der Waals surface area contributed by atoms with Crippen molar-refractivity contribution in [1.29, 1.82) is 0 Å². The van der Waals surface area contributed by atoms with E-state index < -0.39 is 0 Å². The molecule has 1 aliphatic heterocycles. The van der Waals surface area contributed by atoms with Crippen molar-refractivity contribution < 1.29 is 4.79 Å². The third kappa shape index (κ3) is 3.68. The highest BCUT2D eigenvalue weighted by molar-refractivity contribution is 5.79. The molecule has 2 aromatic heterocycles. The second-order valence-corrected chi connectivity index (χ2v) is 7.26. The fraction of sp³-hybridized carbons (Fsp3) is 0.400. The minimum Gasteiger partial charge on any atom is -0.366 e. The lowest BCUT2D eigenvalue weighted by Gasteiger charge is -2.28. The molecule has 0 aliphatic carbocycles. The summed E-state index contributed by atoms with van der Waals surface area (Å²) in [6.45, 7) is 7.23. The number of rotatable bonds is 5. The first kappa shape index (κ1) is 18.4. The van der Waals surface area contributed by atoms with Crippen molar-refractivity contribution in [2.45, 2.75) is 33.2 Å². The predicted octanol–water partition coefficient (Wildman–Crippen LogP) is 1.04. The Kier molecular flexibility index (Phi) is 4.95. The summed E-state index contributed by atoms with van der Waals surface area (Å²) >= 11 is 0. The zero-order valence-corrected chi connectivity index (χ0v) is 16.3. The smallest absolute Gasteiger partial charge is 0.254 e. The quantitative estimate of drug-likeness (QED) is 0.687. The summed E-state index contributed by atoms with van der Waals surface area (Å²) in [5.41, 5.74) is 11.0. The number of aryl methyl sites for hydroxylation is 2. The van der Waals surface area contributed by atoms with Crippen LogP contribution in [0.25, 0.3) is 5.78 Å². The van der Waals surface area contributed by atoms with Gasteiger partial charge in [0.15, 0.2) is 0 Å². The fourth-order valence-electron chi connectivity index (χ4n) is 3.80. The molecular formula is C20H25N7O. The number of hydrogen-bond donors (Lipinski definition) is 2. The molecule has 28 heavy (non-hydrogen) atoms. The molecule has 0 atom stereocenters. The van der Waals surface area contributed by atoms with Crippen molar-refractivity contribution in [2.75, 3.05) is 25.4 Å². The lowest BCUT2D eigenvalue weighted by molar-refractivity contribution is -0.120. The van der Waals surface area contributed by atoms with E-state index >= 15 is 0 Å². The Morgan fingerprint density at radius 2 is 2.00 bits per heavy atom. The van der Waals surface area contributed by atoms with Gasteiger partial charge in [-0.15, -0.1) is 5.10 Å². The average Bonchev–Trinajstić information content (AvgIpc) is 3.05. The van der Waals surface area contributed by atoms with Gasteiger partial charge in [0.2, 0.25) is 11.9 Å². The minimum atomic E-state index is -0.0159. The van der Waals surface area contributed by atoms with Crippen LogP contribution in [-0.2, 0) is 24.2 Å². The summed E-state index contributed by atoms with van der Waals surface area (Å²) in [6, 6.07) is 8.57. The van der Waals surface area contributed by atoms with Gasteiger partial charge in [-0.25, -0.2) is 4.98 Å². The Balaban J connectivity index is 1.33. The first-order valence-electron chi connectivity index (χ1n) is 9.55. The molecule has 1 aliphatic rings. The van der Waals surface area contributed by atoms with E-state index in [2.05, 4.69) is 49.5 Å². The van der Waals surface area contributed by atoms with E-state index in [9.17, 15) is 4.79 Å². The number of aromatic nitrogens is 4. The highest BCUT2D eigenvalue weighted by Crippen LogP contribution is 2.18. The van der Waals surface area contributed by atoms with E-state index in [1.54, 1.807) is 4.52 Å². The van der Waals surface area contributed by atoms with Crippen molar-refractivity contribution in [3.63, 3.8) is 0 Å². The van der Waals surface area contributed by atoms with Crippen LogP contribution in [0.5, 0.6) is 0 Å². The Morgan fingerprint density at radius 3 is 2.82 bits per heavy atom. The molecule has 0 fully saturated rings. The van der Waals surface area contributed by atoms with E-state index in [0.717, 1.165) is 43.0 Å². The van der Waals surface area contributed by atoms with Gasteiger partial charge >= 0.3 is 0 Å². The lowest BCUT2D eigenvalue weighted by atomic mass is 10.00. The van der Waals surface area contributed by atoms with Gasteiger partial charge in [0, 0.05) is 43.1 Å². The van der Waals surface area contributed by atoms with Crippen LogP contribution >= 0.6 is 0 Å². The number of carbonyl (C=O) groups is 1. The Morgan fingerprint density at radius 1 is 1.21 bits per heavy atom. The van der Waals surface area contributed by atoms with Crippen LogP contribution < -0.4 is 11.1 Å². The number of benzene rings is 1. The molecular weight excluding hydrogens is 354 g/mol. The normalized spacial score (nSPS) is 14.2. The molecule has 0 bridgehead atoms. The van der Waals surface area contributed by atoms with Crippen molar-refractivity contribution >= 4 is 17.6 Å². The first-order valence-corrected chi connectivity index (χ1v) is 9.55. The number of anilines is 1. The van der Waals surface area contributed by atoms with E-state index in [0.29, 0.717) is 12.3 Å². The van der Waals surface area contributed by atoms with E-state index in [-0.39, 0.29) is 18.3 Å². The van der Waals surface area contributed by atoms with Crippen molar-refractivity contribution in [2.24, 2.45) is 0 Å². The van der Waals surface area contributed by atoms with Gasteiger partial charge in [-0.05, 0) is 31.4 Å². The summed E-state index contributed by atoms with van der Waals surface area (Å²) in [7, 11) is 0. The summed E-state index contributed by atoms with van der Waals surface area (Å²) in [4.78, 5) is 23.3. The van der Waals surface area contributed by atoms with Gasteiger partial charge in [0.05, 0.1) is 6.42 Å². The number of carbonyl (C=O) groups excluding carboxylic acids is 1. The molecule has 0 radical (unpaired) electrons. The maximum absolute atomic E-state index is 12.5. The van der Waals surface area contributed by atoms with Crippen LogP contribution in [0.3, 0.4) is 0 Å². The SMILES string of the molecule is Cc1nc2nc(N)nn2c(C)c1CC(=O)NCCN1CCc2ccccc2C1. The third-order valence-corrected chi connectivity index (χ3v) is 5.36. The van der Waals surface area contributed by atoms with Gasteiger partial charge in [-0.3, -0.25) is 9.69 Å². The molecule has 3 N–H and O–H groups in total. The lowest BCUT2D eigenvalue weighted by Crippen LogP contribution is -2.38. The Labute approximate surface area is 163 Å².